The van der Waals surface area contributed by atoms with E-state index in [-0.39, 0.29) is 11.6 Å². The first-order chi connectivity index (χ1) is 12.1. The van der Waals surface area contributed by atoms with E-state index in [0.29, 0.717) is 13.1 Å². The highest BCUT2D eigenvalue weighted by Gasteiger charge is 2.44. The molecule has 5 heteroatoms. The molecular formula is C20H31N3O2. The number of aryl methyl sites for hydroxylation is 1. The largest absolute Gasteiger partial charge is 0.390 e. The normalized spacial score (nSPS) is 20.7. The zero-order valence-electron chi connectivity index (χ0n) is 15.3. The summed E-state index contributed by atoms with van der Waals surface area (Å²) < 4.78 is 0. The lowest BCUT2D eigenvalue weighted by molar-refractivity contribution is 0.101. The van der Waals surface area contributed by atoms with Gasteiger partial charge in [-0.05, 0) is 63.2 Å². The van der Waals surface area contributed by atoms with Crippen LogP contribution in [0.25, 0.3) is 0 Å². The van der Waals surface area contributed by atoms with Gasteiger partial charge in [-0.3, -0.25) is 0 Å². The number of hydrogen-bond acceptors (Lipinski definition) is 3. The van der Waals surface area contributed by atoms with Gasteiger partial charge < -0.3 is 20.6 Å². The summed E-state index contributed by atoms with van der Waals surface area (Å²) >= 11 is 0. The van der Waals surface area contributed by atoms with E-state index >= 15 is 0 Å². The number of carbonyl (C=O) groups excluding carboxylic acids is 1. The summed E-state index contributed by atoms with van der Waals surface area (Å²) in [6, 6.07) is 8.18. The highest BCUT2D eigenvalue weighted by Crippen LogP contribution is 2.39. The van der Waals surface area contributed by atoms with Gasteiger partial charge in [-0.25, -0.2) is 4.79 Å². The van der Waals surface area contributed by atoms with Crippen molar-refractivity contribution in [2.45, 2.75) is 57.1 Å². The van der Waals surface area contributed by atoms with Gasteiger partial charge in [0, 0.05) is 18.6 Å². The number of rotatable bonds is 7. The Morgan fingerprint density at radius 3 is 2.64 bits per heavy atom. The van der Waals surface area contributed by atoms with Crippen LogP contribution in [0.15, 0.2) is 24.3 Å². The van der Waals surface area contributed by atoms with E-state index in [4.69, 9.17) is 0 Å². The average molecular weight is 345 g/mol. The summed E-state index contributed by atoms with van der Waals surface area (Å²) in [6.45, 7) is 5.19. The molecule has 138 valence electrons. The SMILES string of the molecule is Cc1ccccc1CC1(NC(=O)NC[C@@H](O)CN2CCCCC2)CC1. The Balaban J connectivity index is 1.40. The van der Waals surface area contributed by atoms with Gasteiger partial charge in [-0.15, -0.1) is 0 Å². The minimum absolute atomic E-state index is 0.103. The molecule has 2 fully saturated rings. The number of aliphatic hydroxyl groups excluding tert-OH is 1. The van der Waals surface area contributed by atoms with Crippen LogP contribution in [0.5, 0.6) is 0 Å². The average Bonchev–Trinajstić information content (AvgIpc) is 3.35. The topological polar surface area (TPSA) is 64.6 Å². The quantitative estimate of drug-likeness (QED) is 0.710. The summed E-state index contributed by atoms with van der Waals surface area (Å²) in [5.41, 5.74) is 2.46. The van der Waals surface area contributed by atoms with Gasteiger partial charge in [0.15, 0.2) is 0 Å². The van der Waals surface area contributed by atoms with Crippen LogP contribution in [-0.4, -0.2) is 53.9 Å². The number of hydrogen-bond donors (Lipinski definition) is 3. The van der Waals surface area contributed by atoms with Gasteiger partial charge in [0.1, 0.15) is 0 Å². The fraction of sp³-hybridized carbons (Fsp3) is 0.650. The van der Waals surface area contributed by atoms with Crippen LogP contribution in [0.2, 0.25) is 0 Å². The molecule has 5 nitrogen and oxygen atoms in total. The van der Waals surface area contributed by atoms with Crippen molar-refractivity contribution in [1.29, 1.82) is 0 Å². The van der Waals surface area contributed by atoms with Crippen molar-refractivity contribution < 1.29 is 9.90 Å². The molecule has 0 unspecified atom stereocenters. The fourth-order valence-electron chi connectivity index (χ4n) is 3.67. The smallest absolute Gasteiger partial charge is 0.315 e. The Kier molecular flexibility index (Phi) is 5.97. The molecule has 0 radical (unpaired) electrons. The van der Waals surface area contributed by atoms with Gasteiger partial charge in [-0.1, -0.05) is 30.7 Å². The number of urea groups is 1. The highest BCUT2D eigenvalue weighted by molar-refractivity contribution is 5.75. The zero-order chi connectivity index (χ0) is 17.7. The van der Waals surface area contributed by atoms with Crippen LogP contribution in [0.1, 0.15) is 43.2 Å². The van der Waals surface area contributed by atoms with Gasteiger partial charge in [0.25, 0.3) is 0 Å². The second-order valence-electron chi connectivity index (χ2n) is 7.73. The van der Waals surface area contributed by atoms with Crippen molar-refractivity contribution in [3.05, 3.63) is 35.4 Å². The second-order valence-corrected chi connectivity index (χ2v) is 7.73. The number of aliphatic hydroxyl groups is 1. The van der Waals surface area contributed by atoms with E-state index < -0.39 is 6.10 Å². The number of amides is 2. The molecule has 1 aliphatic heterocycles. The van der Waals surface area contributed by atoms with Gasteiger partial charge in [0.2, 0.25) is 0 Å². The number of benzene rings is 1. The molecule has 1 saturated heterocycles. The molecule has 1 heterocycles. The molecule has 2 amide bonds. The molecule has 3 rings (SSSR count). The first-order valence-electron chi connectivity index (χ1n) is 9.57. The standard InChI is InChI=1S/C20H31N3O2/c1-16-7-3-4-8-17(16)13-20(9-10-20)22-19(25)21-14-18(24)15-23-11-5-2-6-12-23/h3-4,7-8,18,24H,2,5-6,9-15H2,1H3,(H2,21,22,25)/t18-/m1/s1. The molecule has 2 aliphatic rings. The van der Waals surface area contributed by atoms with Crippen LogP contribution in [0.3, 0.4) is 0 Å². The third kappa shape index (κ3) is 5.44. The number of likely N-dealkylation sites (tertiary alicyclic amines) is 1. The maximum absolute atomic E-state index is 12.2. The number of β-amino-alcohol motifs (C(OH)–C–C–N with tert-alkyl or cyclic N) is 1. The number of carbonyl (C=O) groups is 1. The lowest BCUT2D eigenvalue weighted by Gasteiger charge is -2.28. The highest BCUT2D eigenvalue weighted by atomic mass is 16.3. The Bertz CT molecular complexity index is 580. The Morgan fingerprint density at radius 2 is 1.96 bits per heavy atom. The maximum Gasteiger partial charge on any atom is 0.315 e. The van der Waals surface area contributed by atoms with Crippen molar-refractivity contribution >= 4 is 6.03 Å². The molecule has 3 N–H and O–H groups in total. The first-order valence-corrected chi connectivity index (χ1v) is 9.57. The Hall–Kier alpha value is -1.59. The summed E-state index contributed by atoms with van der Waals surface area (Å²) in [5, 5.41) is 16.1. The number of nitrogens with zero attached hydrogens (tertiary/aromatic N) is 1. The lowest BCUT2D eigenvalue weighted by Crippen LogP contribution is -2.48. The fourth-order valence-corrected chi connectivity index (χ4v) is 3.67. The molecule has 1 saturated carbocycles. The van der Waals surface area contributed by atoms with E-state index in [9.17, 15) is 9.90 Å². The third-order valence-corrected chi connectivity index (χ3v) is 5.44. The van der Waals surface area contributed by atoms with E-state index in [1.165, 1.54) is 30.4 Å². The van der Waals surface area contributed by atoms with Gasteiger partial charge in [-0.2, -0.15) is 0 Å². The van der Waals surface area contributed by atoms with Crippen molar-refractivity contribution in [2.75, 3.05) is 26.2 Å². The molecule has 1 atom stereocenters. The number of piperidine rings is 1. The zero-order valence-corrected chi connectivity index (χ0v) is 15.3. The number of nitrogens with one attached hydrogen (secondary N) is 2. The van der Waals surface area contributed by atoms with E-state index in [0.717, 1.165) is 32.4 Å². The van der Waals surface area contributed by atoms with Crippen molar-refractivity contribution in [1.82, 2.24) is 15.5 Å². The molecule has 1 aliphatic carbocycles. The van der Waals surface area contributed by atoms with Crippen LogP contribution in [0, 0.1) is 6.92 Å². The minimum Gasteiger partial charge on any atom is -0.390 e. The summed E-state index contributed by atoms with van der Waals surface area (Å²) in [5.74, 6) is 0. The Morgan fingerprint density at radius 1 is 1.24 bits per heavy atom. The molecule has 0 spiro atoms. The predicted octanol–water partition coefficient (Wildman–Crippen LogP) is 2.22. The Labute approximate surface area is 150 Å². The summed E-state index contributed by atoms with van der Waals surface area (Å²) in [4.78, 5) is 14.5. The molecular weight excluding hydrogens is 314 g/mol. The molecule has 1 aromatic rings. The lowest BCUT2D eigenvalue weighted by atomic mass is 10.00. The monoisotopic (exact) mass is 345 g/mol. The van der Waals surface area contributed by atoms with Crippen LogP contribution < -0.4 is 10.6 Å². The van der Waals surface area contributed by atoms with Crippen molar-refractivity contribution in [2.24, 2.45) is 0 Å². The minimum atomic E-state index is -0.504. The van der Waals surface area contributed by atoms with E-state index in [1.54, 1.807) is 0 Å². The molecule has 0 bridgehead atoms. The summed E-state index contributed by atoms with van der Waals surface area (Å²) in [7, 11) is 0. The van der Waals surface area contributed by atoms with Crippen LogP contribution in [0.4, 0.5) is 4.79 Å². The van der Waals surface area contributed by atoms with Gasteiger partial charge in [0.05, 0.1) is 6.10 Å². The molecule has 0 aromatic heterocycles. The van der Waals surface area contributed by atoms with Gasteiger partial charge >= 0.3 is 6.03 Å². The summed E-state index contributed by atoms with van der Waals surface area (Å²) in [6.07, 6.45) is 6.12. The second kappa shape index (κ2) is 8.19. The third-order valence-electron chi connectivity index (χ3n) is 5.44. The molecule has 1 aromatic carbocycles. The van der Waals surface area contributed by atoms with Crippen LogP contribution >= 0.6 is 0 Å². The van der Waals surface area contributed by atoms with E-state index in [2.05, 4.69) is 40.7 Å². The van der Waals surface area contributed by atoms with Crippen LogP contribution in [-0.2, 0) is 6.42 Å². The van der Waals surface area contributed by atoms with Crippen molar-refractivity contribution in [3.63, 3.8) is 0 Å². The van der Waals surface area contributed by atoms with E-state index in [1.807, 2.05) is 6.07 Å². The molecule has 25 heavy (non-hydrogen) atoms. The maximum atomic E-state index is 12.2. The first kappa shape index (κ1) is 18.2. The predicted molar refractivity (Wildman–Crippen MR) is 99.7 cm³/mol. The van der Waals surface area contributed by atoms with Crippen molar-refractivity contribution in [3.8, 4) is 0 Å².